The van der Waals surface area contributed by atoms with E-state index in [2.05, 4.69) is 54.0 Å². The van der Waals surface area contributed by atoms with E-state index in [1.165, 1.54) is 5.69 Å². The number of nitrogens with one attached hydrogen (secondary N) is 1. The van der Waals surface area contributed by atoms with Gasteiger partial charge in [0.25, 0.3) is 0 Å². The number of guanidine groups is 1. The van der Waals surface area contributed by atoms with Gasteiger partial charge in [0.15, 0.2) is 5.96 Å². The van der Waals surface area contributed by atoms with Crippen LogP contribution in [0, 0.1) is 0 Å². The molecule has 0 aliphatic rings. The van der Waals surface area contributed by atoms with E-state index in [1.807, 2.05) is 32.3 Å². The molecule has 0 radical (unpaired) electrons. The molecule has 2 rings (SSSR count). The summed E-state index contributed by atoms with van der Waals surface area (Å²) in [5, 5.41) is 3.38. The van der Waals surface area contributed by atoms with Crippen LogP contribution in [0.3, 0.4) is 0 Å². The van der Waals surface area contributed by atoms with Crippen LogP contribution in [0.25, 0.3) is 0 Å². The largest absolute Gasteiger partial charge is 0.497 e. The molecule has 0 fully saturated rings. The van der Waals surface area contributed by atoms with E-state index in [9.17, 15) is 0 Å². The van der Waals surface area contributed by atoms with Crippen molar-refractivity contribution >= 4 is 21.9 Å². The number of ether oxygens (including phenoxy) is 1. The zero-order valence-corrected chi connectivity index (χ0v) is 15.6. The van der Waals surface area contributed by atoms with Crippen molar-refractivity contribution in [1.82, 2.24) is 14.8 Å². The second kappa shape index (κ2) is 8.06. The monoisotopic (exact) mass is 378 g/mol. The first-order valence-electron chi connectivity index (χ1n) is 7.39. The molecule has 0 atom stereocenters. The van der Waals surface area contributed by atoms with Crippen LogP contribution in [-0.2, 0) is 20.1 Å². The molecule has 1 aromatic heterocycles. The van der Waals surface area contributed by atoms with Crippen LogP contribution in [0.4, 0.5) is 0 Å². The van der Waals surface area contributed by atoms with Gasteiger partial charge in [-0.1, -0.05) is 12.1 Å². The fourth-order valence-corrected chi connectivity index (χ4v) is 2.96. The third kappa shape index (κ3) is 4.76. The predicted octanol–water partition coefficient (Wildman–Crippen LogP) is 3.00. The van der Waals surface area contributed by atoms with E-state index in [4.69, 9.17) is 4.74 Å². The van der Waals surface area contributed by atoms with Gasteiger partial charge in [-0.2, -0.15) is 0 Å². The number of aliphatic imine (C=N–C) groups is 1. The maximum absolute atomic E-state index is 5.25. The zero-order chi connectivity index (χ0) is 16.8. The number of methoxy groups -OCH3 is 1. The number of nitrogens with zero attached hydrogens (tertiary/aromatic N) is 3. The second-order valence-corrected chi connectivity index (χ2v) is 6.28. The molecule has 0 aliphatic carbocycles. The topological polar surface area (TPSA) is 41.8 Å². The fourth-order valence-electron chi connectivity index (χ4n) is 2.39. The maximum atomic E-state index is 5.25. The summed E-state index contributed by atoms with van der Waals surface area (Å²) in [4.78, 5) is 6.46. The molecule has 6 heteroatoms. The fraction of sp³-hybridized carbons (Fsp3) is 0.353. The summed E-state index contributed by atoms with van der Waals surface area (Å²) in [6, 6.07) is 10.1. The summed E-state index contributed by atoms with van der Waals surface area (Å²) < 4.78 is 8.45. The van der Waals surface area contributed by atoms with Crippen molar-refractivity contribution in [2.75, 3.05) is 21.2 Å². The summed E-state index contributed by atoms with van der Waals surface area (Å²) in [6.45, 7) is 1.48. The molecule has 124 valence electrons. The molecule has 0 unspecified atom stereocenters. The Labute approximate surface area is 146 Å². The minimum Gasteiger partial charge on any atom is -0.497 e. The van der Waals surface area contributed by atoms with Crippen LogP contribution in [0.1, 0.15) is 11.3 Å². The number of hydrogen-bond acceptors (Lipinski definition) is 2. The average Bonchev–Trinajstić information content (AvgIpc) is 2.85. The third-order valence-electron chi connectivity index (χ3n) is 3.63. The minimum absolute atomic E-state index is 0.699. The van der Waals surface area contributed by atoms with E-state index < -0.39 is 0 Å². The highest BCUT2D eigenvalue weighted by Crippen LogP contribution is 2.15. The molecule has 0 bridgehead atoms. The molecule has 2 aromatic rings. The molecule has 5 nitrogen and oxygen atoms in total. The van der Waals surface area contributed by atoms with Gasteiger partial charge in [0.2, 0.25) is 0 Å². The van der Waals surface area contributed by atoms with Gasteiger partial charge in [0.05, 0.1) is 13.7 Å². The number of rotatable bonds is 5. The molecule has 0 saturated heterocycles. The standard InChI is InChI=1S/C17H23BrN4O/c1-19-17(20-10-13-6-5-7-16(8-13)23-4)22(3)12-15-9-14(18)11-21(15)2/h5-9,11H,10,12H2,1-4H3,(H,19,20). The van der Waals surface area contributed by atoms with Crippen molar-refractivity contribution in [3.05, 3.63) is 52.3 Å². The Kier molecular flexibility index (Phi) is 6.10. The highest BCUT2D eigenvalue weighted by atomic mass is 79.9. The predicted molar refractivity (Wildman–Crippen MR) is 97.8 cm³/mol. The molecular weight excluding hydrogens is 356 g/mol. The summed E-state index contributed by atoms with van der Waals surface area (Å²) in [7, 11) is 7.55. The lowest BCUT2D eigenvalue weighted by molar-refractivity contribution is 0.414. The van der Waals surface area contributed by atoms with Gasteiger partial charge in [0, 0.05) is 44.1 Å². The molecule has 0 saturated carbocycles. The van der Waals surface area contributed by atoms with Crippen LogP contribution >= 0.6 is 15.9 Å². The Morgan fingerprint density at radius 1 is 1.39 bits per heavy atom. The zero-order valence-electron chi connectivity index (χ0n) is 14.0. The maximum Gasteiger partial charge on any atom is 0.194 e. The first-order chi connectivity index (χ1) is 11.0. The molecule has 0 spiro atoms. The van der Waals surface area contributed by atoms with Crippen molar-refractivity contribution in [3.63, 3.8) is 0 Å². The summed E-state index contributed by atoms with van der Waals surface area (Å²) >= 11 is 3.50. The van der Waals surface area contributed by atoms with E-state index in [1.54, 1.807) is 14.2 Å². The number of halogens is 1. The van der Waals surface area contributed by atoms with Gasteiger partial charge in [0.1, 0.15) is 5.75 Å². The smallest absolute Gasteiger partial charge is 0.194 e. The summed E-state index contributed by atoms with van der Waals surface area (Å²) in [6.07, 6.45) is 2.05. The molecule has 1 aromatic carbocycles. The van der Waals surface area contributed by atoms with Crippen LogP contribution in [0.15, 0.2) is 46.0 Å². The Bertz CT molecular complexity index is 681. The first-order valence-corrected chi connectivity index (χ1v) is 8.18. The van der Waals surface area contributed by atoms with Gasteiger partial charge in [-0.25, -0.2) is 0 Å². The summed E-state index contributed by atoms with van der Waals surface area (Å²) in [5.74, 6) is 1.71. The van der Waals surface area contributed by atoms with Gasteiger partial charge >= 0.3 is 0 Å². The van der Waals surface area contributed by atoms with Crippen LogP contribution < -0.4 is 10.1 Å². The van der Waals surface area contributed by atoms with E-state index in [0.29, 0.717) is 6.54 Å². The van der Waals surface area contributed by atoms with Crippen LogP contribution in [0.2, 0.25) is 0 Å². The number of aromatic nitrogens is 1. The van der Waals surface area contributed by atoms with Crippen LogP contribution in [0.5, 0.6) is 5.75 Å². The molecule has 0 amide bonds. The first kappa shape index (κ1) is 17.4. The third-order valence-corrected chi connectivity index (χ3v) is 4.07. The van der Waals surface area contributed by atoms with Gasteiger partial charge in [-0.15, -0.1) is 0 Å². The van der Waals surface area contributed by atoms with Crippen molar-refractivity contribution in [2.24, 2.45) is 12.0 Å². The number of aryl methyl sites for hydroxylation is 1. The SMILES string of the molecule is CN=C(NCc1cccc(OC)c1)N(C)Cc1cc(Br)cn1C. The highest BCUT2D eigenvalue weighted by molar-refractivity contribution is 9.10. The molecule has 1 N–H and O–H groups in total. The lowest BCUT2D eigenvalue weighted by Crippen LogP contribution is -2.38. The Hall–Kier alpha value is -1.95. The quantitative estimate of drug-likeness (QED) is 0.642. The summed E-state index contributed by atoms with van der Waals surface area (Å²) in [5.41, 5.74) is 2.37. The van der Waals surface area contributed by atoms with Crippen molar-refractivity contribution < 1.29 is 4.74 Å². The average molecular weight is 379 g/mol. The Morgan fingerprint density at radius 3 is 2.78 bits per heavy atom. The number of benzene rings is 1. The molecule has 1 heterocycles. The molecular formula is C17H23BrN4O. The minimum atomic E-state index is 0.699. The van der Waals surface area contributed by atoms with E-state index in [-0.39, 0.29) is 0 Å². The lowest BCUT2D eigenvalue weighted by Gasteiger charge is -2.22. The van der Waals surface area contributed by atoms with Gasteiger partial charge in [-0.05, 0) is 39.7 Å². The van der Waals surface area contributed by atoms with E-state index >= 15 is 0 Å². The molecule has 23 heavy (non-hydrogen) atoms. The van der Waals surface area contributed by atoms with Crippen molar-refractivity contribution in [3.8, 4) is 5.75 Å². The van der Waals surface area contributed by atoms with Crippen LogP contribution in [-0.4, -0.2) is 36.6 Å². The van der Waals surface area contributed by atoms with Gasteiger partial charge in [-0.3, -0.25) is 4.99 Å². The number of hydrogen-bond donors (Lipinski definition) is 1. The van der Waals surface area contributed by atoms with Crippen molar-refractivity contribution in [1.29, 1.82) is 0 Å². The second-order valence-electron chi connectivity index (χ2n) is 5.37. The molecule has 0 aliphatic heterocycles. The van der Waals surface area contributed by atoms with Gasteiger partial charge < -0.3 is 19.5 Å². The van der Waals surface area contributed by atoms with Crippen molar-refractivity contribution in [2.45, 2.75) is 13.1 Å². The van der Waals surface area contributed by atoms with E-state index in [0.717, 1.165) is 28.3 Å². The highest BCUT2D eigenvalue weighted by Gasteiger charge is 2.09. The lowest BCUT2D eigenvalue weighted by atomic mass is 10.2. The Morgan fingerprint density at radius 2 is 2.17 bits per heavy atom. The normalized spacial score (nSPS) is 11.4. The Balaban J connectivity index is 1.97.